The number of Topliss-reactive ketones (excluding diaryl/α,β-unsaturated/α-hetero) is 1. The van der Waals surface area contributed by atoms with E-state index in [2.05, 4.69) is 22.1 Å². The van der Waals surface area contributed by atoms with Crippen LogP contribution in [0.5, 0.6) is 0 Å². The van der Waals surface area contributed by atoms with E-state index in [1.807, 2.05) is 29.2 Å². The topological polar surface area (TPSA) is 125 Å². The van der Waals surface area contributed by atoms with Crippen LogP contribution >= 0.6 is 0 Å². The lowest BCUT2D eigenvalue weighted by molar-refractivity contribution is -0.192. The van der Waals surface area contributed by atoms with Crippen molar-refractivity contribution in [1.82, 2.24) is 15.2 Å². The molecule has 2 aromatic rings. The lowest BCUT2D eigenvalue weighted by Gasteiger charge is -2.23. The molecule has 0 fully saturated rings. The summed E-state index contributed by atoms with van der Waals surface area (Å²) in [5, 5.41) is 14.3. The number of hydrogen-bond donors (Lipinski definition) is 3. The van der Waals surface area contributed by atoms with Crippen molar-refractivity contribution in [2.45, 2.75) is 32.0 Å². The van der Waals surface area contributed by atoms with Crippen molar-refractivity contribution in [3.63, 3.8) is 0 Å². The number of carboxylic acid groups (broad SMARTS) is 1. The molecule has 8 nitrogen and oxygen atoms in total. The third-order valence-corrected chi connectivity index (χ3v) is 3.93. The van der Waals surface area contributed by atoms with Gasteiger partial charge in [0.15, 0.2) is 17.6 Å². The fourth-order valence-electron chi connectivity index (χ4n) is 2.79. The van der Waals surface area contributed by atoms with E-state index >= 15 is 0 Å². The highest BCUT2D eigenvalue weighted by Crippen LogP contribution is 2.38. The molecular weight excluding hydrogens is 379 g/mol. The van der Waals surface area contributed by atoms with E-state index in [0.29, 0.717) is 18.9 Å². The standard InChI is InChI=1S/C15H19N5O.C2HF3O2/c1-2-5-12-17-15(19-18-12)13-14(21)10-6-3-4-7-11(10)20(13)9-8-16;3-2(4,5)1(6)7/h3-4,6-7,13H,2,5,8-9,16H2,1H3,(H,17,18,19);(H,6,7). The van der Waals surface area contributed by atoms with Crippen molar-refractivity contribution < 1.29 is 27.9 Å². The van der Waals surface area contributed by atoms with Gasteiger partial charge in [-0.1, -0.05) is 19.1 Å². The minimum atomic E-state index is -5.08. The van der Waals surface area contributed by atoms with Crippen molar-refractivity contribution in [2.24, 2.45) is 5.73 Å². The van der Waals surface area contributed by atoms with E-state index in [1.165, 1.54) is 0 Å². The van der Waals surface area contributed by atoms with Crippen molar-refractivity contribution in [1.29, 1.82) is 0 Å². The van der Waals surface area contributed by atoms with Crippen molar-refractivity contribution in [3.05, 3.63) is 41.5 Å². The average molecular weight is 399 g/mol. The summed E-state index contributed by atoms with van der Waals surface area (Å²) < 4.78 is 31.7. The number of aromatic amines is 1. The van der Waals surface area contributed by atoms with Crippen molar-refractivity contribution >= 4 is 17.4 Å². The maximum atomic E-state index is 12.7. The zero-order chi connectivity index (χ0) is 20.9. The van der Waals surface area contributed by atoms with Gasteiger partial charge in [0.1, 0.15) is 5.82 Å². The van der Waals surface area contributed by atoms with Crippen molar-refractivity contribution in [2.75, 3.05) is 18.0 Å². The van der Waals surface area contributed by atoms with Gasteiger partial charge in [0.2, 0.25) is 0 Å². The van der Waals surface area contributed by atoms with E-state index in [-0.39, 0.29) is 5.78 Å². The molecule has 0 amide bonds. The highest BCUT2D eigenvalue weighted by Gasteiger charge is 2.40. The SMILES string of the molecule is CCCc1nc(C2C(=O)c3ccccc3N2CCN)n[nH]1.O=C(O)C(F)(F)F. The summed E-state index contributed by atoms with van der Waals surface area (Å²) in [6, 6.07) is 7.13. The van der Waals surface area contributed by atoms with E-state index in [0.717, 1.165) is 29.9 Å². The van der Waals surface area contributed by atoms with Crippen LogP contribution in [-0.4, -0.2) is 51.3 Å². The molecule has 11 heteroatoms. The molecule has 0 aliphatic carbocycles. The Labute approximate surface area is 158 Å². The molecule has 1 aliphatic heterocycles. The maximum absolute atomic E-state index is 12.7. The Balaban J connectivity index is 0.000000345. The number of para-hydroxylation sites is 1. The summed E-state index contributed by atoms with van der Waals surface area (Å²) in [5.74, 6) is -1.36. The molecule has 0 spiro atoms. The fraction of sp³-hybridized carbons (Fsp3) is 0.412. The molecule has 152 valence electrons. The minimum absolute atomic E-state index is 0.0427. The number of aliphatic carboxylic acids is 1. The molecule has 1 aliphatic rings. The summed E-state index contributed by atoms with van der Waals surface area (Å²) in [4.78, 5) is 28.0. The highest BCUT2D eigenvalue weighted by molar-refractivity contribution is 6.10. The van der Waals surface area contributed by atoms with E-state index in [4.69, 9.17) is 15.6 Å². The van der Waals surface area contributed by atoms with Crippen LogP contribution in [0.15, 0.2) is 24.3 Å². The molecule has 0 saturated carbocycles. The third-order valence-electron chi connectivity index (χ3n) is 3.93. The lowest BCUT2D eigenvalue weighted by Crippen LogP contribution is -2.33. The van der Waals surface area contributed by atoms with Crippen molar-refractivity contribution in [3.8, 4) is 0 Å². The Kier molecular flexibility index (Phi) is 6.73. The molecule has 3 rings (SSSR count). The Morgan fingerprint density at radius 2 is 2.00 bits per heavy atom. The number of hydrogen-bond acceptors (Lipinski definition) is 6. The summed E-state index contributed by atoms with van der Waals surface area (Å²) in [7, 11) is 0. The number of nitrogens with zero attached hydrogens (tertiary/aromatic N) is 3. The first-order chi connectivity index (χ1) is 13.2. The Hall–Kier alpha value is -2.95. The second kappa shape index (κ2) is 8.83. The van der Waals surface area contributed by atoms with Gasteiger partial charge in [-0.25, -0.2) is 9.78 Å². The van der Waals surface area contributed by atoms with Gasteiger partial charge in [-0.05, 0) is 18.6 Å². The smallest absolute Gasteiger partial charge is 0.475 e. The molecule has 1 aromatic carbocycles. The number of carbonyl (C=O) groups excluding carboxylic acids is 1. The number of ketones is 1. The van der Waals surface area contributed by atoms with E-state index < -0.39 is 18.2 Å². The molecular formula is C17H20F3N5O3. The molecule has 0 radical (unpaired) electrons. The largest absolute Gasteiger partial charge is 0.490 e. The molecule has 1 unspecified atom stereocenters. The highest BCUT2D eigenvalue weighted by atomic mass is 19.4. The second-order valence-corrected chi connectivity index (χ2v) is 5.96. The zero-order valence-corrected chi connectivity index (χ0v) is 15.0. The Morgan fingerprint density at radius 3 is 2.57 bits per heavy atom. The Bertz CT molecular complexity index is 837. The molecule has 1 aromatic heterocycles. The number of H-pyrrole nitrogens is 1. The lowest BCUT2D eigenvalue weighted by atomic mass is 10.1. The van der Waals surface area contributed by atoms with Crippen LogP contribution < -0.4 is 10.6 Å². The summed E-state index contributed by atoms with van der Waals surface area (Å²) in [6.45, 7) is 3.16. The number of alkyl halides is 3. The summed E-state index contributed by atoms with van der Waals surface area (Å²) in [5.41, 5.74) is 7.34. The number of aromatic nitrogens is 3. The van der Waals surface area contributed by atoms with Crippen LogP contribution in [0.3, 0.4) is 0 Å². The van der Waals surface area contributed by atoms with Crippen LogP contribution in [0.1, 0.15) is 41.4 Å². The number of benzene rings is 1. The third kappa shape index (κ3) is 4.66. The normalized spacial score (nSPS) is 15.8. The van der Waals surface area contributed by atoms with Gasteiger partial charge in [0.25, 0.3) is 0 Å². The number of anilines is 1. The van der Waals surface area contributed by atoms with Gasteiger partial charge in [-0.15, -0.1) is 0 Å². The van der Waals surface area contributed by atoms with Gasteiger partial charge < -0.3 is 15.7 Å². The number of nitrogens with one attached hydrogen (secondary N) is 1. The molecule has 0 saturated heterocycles. The summed E-state index contributed by atoms with van der Waals surface area (Å²) in [6.07, 6.45) is -3.27. The monoisotopic (exact) mass is 399 g/mol. The Morgan fingerprint density at radius 1 is 1.36 bits per heavy atom. The van der Waals surface area contributed by atoms with Gasteiger partial charge in [0.05, 0.1) is 0 Å². The van der Waals surface area contributed by atoms with Crippen LogP contribution in [0.25, 0.3) is 0 Å². The van der Waals surface area contributed by atoms with E-state index in [1.54, 1.807) is 0 Å². The molecule has 1 atom stereocenters. The van der Waals surface area contributed by atoms with E-state index in [9.17, 15) is 18.0 Å². The number of rotatable bonds is 5. The first kappa shape index (κ1) is 21.4. The minimum Gasteiger partial charge on any atom is -0.475 e. The first-order valence-corrected chi connectivity index (χ1v) is 8.51. The van der Waals surface area contributed by atoms with Crippen LogP contribution in [0.4, 0.5) is 18.9 Å². The number of fused-ring (bicyclic) bond motifs is 1. The fourth-order valence-corrected chi connectivity index (χ4v) is 2.79. The number of carboxylic acids is 1. The first-order valence-electron chi connectivity index (χ1n) is 8.51. The van der Waals surface area contributed by atoms with Gasteiger partial charge in [-0.3, -0.25) is 9.89 Å². The predicted molar refractivity (Wildman–Crippen MR) is 94.0 cm³/mol. The zero-order valence-electron chi connectivity index (χ0n) is 15.0. The average Bonchev–Trinajstić information content (AvgIpc) is 3.19. The molecule has 4 N–H and O–H groups in total. The van der Waals surface area contributed by atoms with Crippen LogP contribution in [0.2, 0.25) is 0 Å². The number of aryl methyl sites for hydroxylation is 1. The number of carbonyl (C=O) groups is 2. The summed E-state index contributed by atoms with van der Waals surface area (Å²) >= 11 is 0. The predicted octanol–water partition coefficient (Wildman–Crippen LogP) is 2.09. The van der Waals surface area contributed by atoms with Gasteiger partial charge in [-0.2, -0.15) is 18.3 Å². The van der Waals surface area contributed by atoms with Crippen LogP contribution in [0, 0.1) is 0 Å². The number of halogens is 3. The van der Waals surface area contributed by atoms with Crippen LogP contribution in [-0.2, 0) is 11.2 Å². The quantitative estimate of drug-likeness (QED) is 0.703. The second-order valence-electron chi connectivity index (χ2n) is 5.96. The molecule has 0 bridgehead atoms. The molecule has 28 heavy (non-hydrogen) atoms. The maximum Gasteiger partial charge on any atom is 0.490 e. The van der Waals surface area contributed by atoms with Gasteiger partial charge in [0, 0.05) is 30.8 Å². The van der Waals surface area contributed by atoms with Gasteiger partial charge >= 0.3 is 12.1 Å². The number of nitrogens with two attached hydrogens (primary N) is 1. The molecule has 2 heterocycles.